The number of Topliss-reactive ketones (excluding diaryl/α,β-unsaturated/α-hetero) is 1. The maximum Gasteiger partial charge on any atom is 0.313 e. The van der Waals surface area contributed by atoms with Crippen molar-refractivity contribution in [3.63, 3.8) is 0 Å². The molecule has 0 saturated heterocycles. The van der Waals surface area contributed by atoms with Crippen LogP contribution >= 0.6 is 11.6 Å². The van der Waals surface area contributed by atoms with Crippen molar-refractivity contribution in [2.45, 2.75) is 19.9 Å². The van der Waals surface area contributed by atoms with Crippen LogP contribution < -0.4 is 0 Å². The summed E-state index contributed by atoms with van der Waals surface area (Å²) in [6, 6.07) is 5.81. The number of rotatable bonds is 5. The lowest BCUT2D eigenvalue weighted by molar-refractivity contribution is -0.152. The van der Waals surface area contributed by atoms with Crippen LogP contribution in [0.3, 0.4) is 0 Å². The van der Waals surface area contributed by atoms with Crippen molar-refractivity contribution in [3.05, 3.63) is 53.6 Å². The molecule has 22 heavy (non-hydrogen) atoms. The lowest BCUT2D eigenvalue weighted by Crippen LogP contribution is -2.40. The number of ether oxygens (including phenoxy) is 1. The summed E-state index contributed by atoms with van der Waals surface area (Å²) in [6.45, 7) is 3.36. The van der Waals surface area contributed by atoms with Gasteiger partial charge in [0, 0.05) is 23.0 Å². The third-order valence-electron chi connectivity index (χ3n) is 3.60. The molecule has 0 spiro atoms. The molecule has 1 aromatic heterocycles. The number of carbonyl (C=O) groups is 2. The molecule has 0 radical (unpaired) electrons. The van der Waals surface area contributed by atoms with Crippen LogP contribution in [0.4, 0.5) is 0 Å². The fraction of sp³-hybridized carbons (Fsp3) is 0.312. The van der Waals surface area contributed by atoms with E-state index in [9.17, 15) is 9.59 Å². The first-order valence-corrected chi connectivity index (χ1v) is 7.11. The minimum atomic E-state index is -1.05. The zero-order chi connectivity index (χ0) is 16.3. The fourth-order valence-electron chi connectivity index (χ4n) is 2.40. The number of hydrogen-bond donors (Lipinski definition) is 0. The highest BCUT2D eigenvalue weighted by molar-refractivity contribution is 6.30. The summed E-state index contributed by atoms with van der Waals surface area (Å²) in [4.78, 5) is 29.0. The van der Waals surface area contributed by atoms with Crippen LogP contribution in [0.2, 0.25) is 5.02 Å². The van der Waals surface area contributed by atoms with Gasteiger partial charge in [-0.1, -0.05) is 11.6 Å². The maximum atomic E-state index is 12.9. The second-order valence-electron chi connectivity index (χ2n) is 5.50. The standard InChI is InChI=1S/C16H17ClN2O3/c1-16(2,15(21)22-3)14(19-9-8-18-10-19)13(20)11-4-6-12(17)7-5-11/h4-10,14H,1-3H3. The molecule has 0 bridgehead atoms. The average Bonchev–Trinajstić information content (AvgIpc) is 3.00. The van der Waals surface area contributed by atoms with Gasteiger partial charge in [-0.15, -0.1) is 0 Å². The summed E-state index contributed by atoms with van der Waals surface area (Å²) >= 11 is 5.86. The predicted molar refractivity (Wildman–Crippen MR) is 82.8 cm³/mol. The van der Waals surface area contributed by atoms with Gasteiger partial charge in [-0.25, -0.2) is 4.98 Å². The number of nitrogens with zero attached hydrogens (tertiary/aromatic N) is 2. The maximum absolute atomic E-state index is 12.9. The van der Waals surface area contributed by atoms with E-state index in [4.69, 9.17) is 16.3 Å². The first kappa shape index (κ1) is 16.2. The molecule has 0 aliphatic rings. The Labute approximate surface area is 133 Å². The Morgan fingerprint density at radius 3 is 2.41 bits per heavy atom. The highest BCUT2D eigenvalue weighted by Crippen LogP contribution is 2.35. The van der Waals surface area contributed by atoms with E-state index in [2.05, 4.69) is 4.98 Å². The Hall–Kier alpha value is -2.14. The monoisotopic (exact) mass is 320 g/mol. The molecule has 2 rings (SSSR count). The summed E-state index contributed by atoms with van der Waals surface area (Å²) in [5, 5.41) is 0.544. The molecule has 0 N–H and O–H groups in total. The largest absolute Gasteiger partial charge is 0.469 e. The van der Waals surface area contributed by atoms with Crippen molar-refractivity contribution in [2.24, 2.45) is 5.41 Å². The molecule has 0 amide bonds. The predicted octanol–water partition coefficient (Wildman–Crippen LogP) is 3.16. The molecule has 6 heteroatoms. The quantitative estimate of drug-likeness (QED) is 0.627. The van der Waals surface area contributed by atoms with Gasteiger partial charge in [-0.2, -0.15) is 0 Å². The van der Waals surface area contributed by atoms with E-state index >= 15 is 0 Å². The summed E-state index contributed by atoms with van der Waals surface area (Å²) in [5.41, 5.74) is -0.577. The Morgan fingerprint density at radius 2 is 1.91 bits per heavy atom. The molecule has 0 aliphatic carbocycles. The summed E-state index contributed by atoms with van der Waals surface area (Å²) in [5.74, 6) is -0.668. The number of methoxy groups -OCH3 is 1. The van der Waals surface area contributed by atoms with Crippen molar-refractivity contribution in [1.29, 1.82) is 0 Å². The highest BCUT2D eigenvalue weighted by Gasteiger charge is 2.43. The van der Waals surface area contributed by atoms with Gasteiger partial charge in [0.25, 0.3) is 0 Å². The molecular weight excluding hydrogens is 304 g/mol. The van der Waals surface area contributed by atoms with Gasteiger partial charge < -0.3 is 9.30 Å². The van der Waals surface area contributed by atoms with Crippen molar-refractivity contribution in [1.82, 2.24) is 9.55 Å². The smallest absolute Gasteiger partial charge is 0.313 e. The third kappa shape index (κ3) is 3.04. The van der Waals surface area contributed by atoms with Crippen LogP contribution in [0.15, 0.2) is 43.0 Å². The van der Waals surface area contributed by atoms with Gasteiger partial charge in [-0.05, 0) is 38.1 Å². The highest BCUT2D eigenvalue weighted by atomic mass is 35.5. The SMILES string of the molecule is COC(=O)C(C)(C)C(C(=O)c1ccc(Cl)cc1)n1ccnc1. The van der Waals surface area contributed by atoms with Crippen LogP contribution in [0, 0.1) is 5.41 Å². The van der Waals surface area contributed by atoms with E-state index in [1.54, 1.807) is 55.1 Å². The van der Waals surface area contributed by atoms with Crippen LogP contribution in [0.5, 0.6) is 0 Å². The number of carbonyl (C=O) groups excluding carboxylic acids is 2. The van der Waals surface area contributed by atoms with Crippen molar-refractivity contribution in [2.75, 3.05) is 7.11 Å². The molecule has 0 aliphatic heterocycles. The van der Waals surface area contributed by atoms with Gasteiger partial charge in [0.15, 0.2) is 5.78 Å². The third-order valence-corrected chi connectivity index (χ3v) is 3.85. The molecule has 0 saturated carbocycles. The number of esters is 1. The average molecular weight is 321 g/mol. The number of aromatic nitrogens is 2. The molecule has 1 unspecified atom stereocenters. The van der Waals surface area contributed by atoms with Gasteiger partial charge in [0.1, 0.15) is 6.04 Å². The van der Waals surface area contributed by atoms with E-state index in [-0.39, 0.29) is 5.78 Å². The molecule has 116 valence electrons. The lowest BCUT2D eigenvalue weighted by Gasteiger charge is -2.31. The van der Waals surface area contributed by atoms with Crippen LogP contribution in [0.25, 0.3) is 0 Å². The Bertz CT molecular complexity index is 663. The topological polar surface area (TPSA) is 61.2 Å². The zero-order valence-corrected chi connectivity index (χ0v) is 13.4. The lowest BCUT2D eigenvalue weighted by atomic mass is 9.80. The van der Waals surface area contributed by atoms with E-state index in [1.165, 1.54) is 13.4 Å². The molecule has 5 nitrogen and oxygen atoms in total. The molecule has 0 fully saturated rings. The van der Waals surface area contributed by atoms with Crippen molar-refractivity contribution >= 4 is 23.4 Å². The van der Waals surface area contributed by atoms with Crippen LogP contribution in [-0.2, 0) is 9.53 Å². The number of ketones is 1. The summed E-state index contributed by atoms with van der Waals surface area (Å²) < 4.78 is 6.47. The normalized spacial score (nSPS) is 12.7. The number of halogens is 1. The summed E-state index contributed by atoms with van der Waals surface area (Å²) in [6.07, 6.45) is 4.74. The minimum absolute atomic E-state index is 0.204. The van der Waals surface area contributed by atoms with Gasteiger partial charge in [0.05, 0.1) is 18.9 Å². The summed E-state index contributed by atoms with van der Waals surface area (Å²) in [7, 11) is 1.31. The van der Waals surface area contributed by atoms with Crippen LogP contribution in [0.1, 0.15) is 30.2 Å². The van der Waals surface area contributed by atoms with Crippen molar-refractivity contribution < 1.29 is 14.3 Å². The van der Waals surface area contributed by atoms with Gasteiger partial charge in [0.2, 0.25) is 0 Å². The van der Waals surface area contributed by atoms with E-state index in [0.717, 1.165) is 0 Å². The molecule has 1 heterocycles. The number of imidazole rings is 1. The van der Waals surface area contributed by atoms with Gasteiger partial charge >= 0.3 is 5.97 Å². The Morgan fingerprint density at radius 1 is 1.27 bits per heavy atom. The molecule has 1 atom stereocenters. The van der Waals surface area contributed by atoms with Crippen molar-refractivity contribution in [3.8, 4) is 0 Å². The first-order chi connectivity index (χ1) is 10.4. The first-order valence-electron chi connectivity index (χ1n) is 6.73. The van der Waals surface area contributed by atoms with E-state index in [1.807, 2.05) is 0 Å². The second kappa shape index (κ2) is 6.32. The van der Waals surface area contributed by atoms with E-state index in [0.29, 0.717) is 10.6 Å². The van der Waals surface area contributed by atoms with E-state index < -0.39 is 17.4 Å². The zero-order valence-electron chi connectivity index (χ0n) is 12.6. The molecule has 1 aromatic carbocycles. The van der Waals surface area contributed by atoms with Crippen LogP contribution in [-0.4, -0.2) is 28.4 Å². The second-order valence-corrected chi connectivity index (χ2v) is 5.93. The Kier molecular flexibility index (Phi) is 4.66. The molecular formula is C16H17ClN2O3. The minimum Gasteiger partial charge on any atom is -0.469 e. The molecule has 2 aromatic rings. The van der Waals surface area contributed by atoms with Gasteiger partial charge in [-0.3, -0.25) is 9.59 Å². The fourth-order valence-corrected chi connectivity index (χ4v) is 2.53. The Balaban J connectivity index is 2.47. The number of hydrogen-bond acceptors (Lipinski definition) is 4. The number of benzene rings is 1.